The summed E-state index contributed by atoms with van der Waals surface area (Å²) in [6, 6.07) is 17.7. The van der Waals surface area contributed by atoms with E-state index >= 15 is 0 Å². The van der Waals surface area contributed by atoms with Crippen LogP contribution in [0.4, 0.5) is 0 Å². The van der Waals surface area contributed by atoms with Crippen molar-refractivity contribution in [2.45, 2.75) is 32.9 Å². The molecule has 0 radical (unpaired) electrons. The van der Waals surface area contributed by atoms with Crippen LogP contribution < -0.4 is 5.32 Å². The highest BCUT2D eigenvalue weighted by molar-refractivity contribution is 7.71. The number of H-pyrrole nitrogens is 2. The zero-order chi connectivity index (χ0) is 21.8. The number of aromatic amines is 2. The monoisotopic (exact) mass is 432 g/mol. The molecule has 1 amide bonds. The second-order valence-corrected chi connectivity index (χ2v) is 7.77. The maximum atomic E-state index is 12.9. The van der Waals surface area contributed by atoms with E-state index in [-0.39, 0.29) is 18.5 Å². The number of rotatable bonds is 7. The molecular formula is C23H24N6OS. The van der Waals surface area contributed by atoms with Crippen LogP contribution in [0.1, 0.15) is 30.8 Å². The van der Waals surface area contributed by atoms with Crippen LogP contribution >= 0.6 is 12.2 Å². The molecule has 0 fully saturated rings. The molecule has 4 rings (SSSR count). The van der Waals surface area contributed by atoms with Crippen molar-refractivity contribution in [1.82, 2.24) is 30.0 Å². The fraction of sp³-hybridized carbons (Fsp3) is 0.217. The van der Waals surface area contributed by atoms with Gasteiger partial charge in [-0.1, -0.05) is 67.1 Å². The molecule has 0 bridgehead atoms. The van der Waals surface area contributed by atoms with Gasteiger partial charge in [0.05, 0.1) is 17.9 Å². The van der Waals surface area contributed by atoms with E-state index in [1.807, 2.05) is 68.4 Å². The number of carbonyl (C=O) groups is 1. The summed E-state index contributed by atoms with van der Waals surface area (Å²) in [6.45, 7) is 4.11. The normalized spacial score (nSPS) is 11.9. The molecule has 1 unspecified atom stereocenters. The number of aryl methyl sites for hydroxylation is 1. The average Bonchev–Trinajstić information content (AvgIpc) is 3.41. The van der Waals surface area contributed by atoms with Crippen molar-refractivity contribution in [1.29, 1.82) is 0 Å². The molecule has 3 N–H and O–H groups in total. The maximum absolute atomic E-state index is 12.9. The van der Waals surface area contributed by atoms with Crippen molar-refractivity contribution in [2.24, 2.45) is 0 Å². The van der Waals surface area contributed by atoms with Gasteiger partial charge in [-0.15, -0.1) is 0 Å². The Morgan fingerprint density at radius 2 is 1.87 bits per heavy atom. The molecule has 8 heteroatoms. The molecule has 7 nitrogen and oxygen atoms in total. The van der Waals surface area contributed by atoms with Gasteiger partial charge in [-0.05, 0) is 31.1 Å². The summed E-state index contributed by atoms with van der Waals surface area (Å²) in [5.41, 5.74) is 4.02. The van der Waals surface area contributed by atoms with Gasteiger partial charge in [0.1, 0.15) is 12.4 Å². The first-order chi connectivity index (χ1) is 15.0. The lowest BCUT2D eigenvalue weighted by Crippen LogP contribution is -2.32. The van der Waals surface area contributed by atoms with E-state index in [1.54, 1.807) is 10.8 Å². The number of benzene rings is 2. The van der Waals surface area contributed by atoms with Gasteiger partial charge < -0.3 is 10.3 Å². The fourth-order valence-electron chi connectivity index (χ4n) is 3.41. The Kier molecular flexibility index (Phi) is 6.08. The van der Waals surface area contributed by atoms with Crippen LogP contribution in [0.15, 0.2) is 60.8 Å². The molecule has 2 aromatic heterocycles. The van der Waals surface area contributed by atoms with Crippen LogP contribution in [0.2, 0.25) is 0 Å². The lowest BCUT2D eigenvalue weighted by atomic mass is 10.1. The van der Waals surface area contributed by atoms with Gasteiger partial charge >= 0.3 is 0 Å². The molecule has 2 heterocycles. The Bertz CT molecular complexity index is 1220. The lowest BCUT2D eigenvalue weighted by Gasteiger charge is -2.15. The summed E-state index contributed by atoms with van der Waals surface area (Å²) in [5, 5.41) is 10.2. The van der Waals surface area contributed by atoms with E-state index in [0.717, 1.165) is 28.2 Å². The standard InChI is InChI=1S/C23H24N6OS/c1-3-18(21-24-13-19(26-21)16-7-5-4-6-8-16)25-20(30)14-29-22(27-28-23(29)31)17-11-9-15(2)10-12-17/h4-13,18H,3,14H2,1-2H3,(H,24,26)(H,25,30)(H,28,31). The summed E-state index contributed by atoms with van der Waals surface area (Å²) in [7, 11) is 0. The lowest BCUT2D eigenvalue weighted by molar-refractivity contribution is -0.122. The molecule has 0 saturated carbocycles. The Labute approximate surface area is 185 Å². The van der Waals surface area contributed by atoms with Crippen molar-refractivity contribution in [2.75, 3.05) is 0 Å². The first-order valence-electron chi connectivity index (χ1n) is 10.2. The number of hydrogen-bond acceptors (Lipinski definition) is 4. The fourth-order valence-corrected chi connectivity index (χ4v) is 3.61. The molecule has 31 heavy (non-hydrogen) atoms. The molecule has 0 aliphatic heterocycles. The number of imidazole rings is 1. The smallest absolute Gasteiger partial charge is 0.240 e. The molecular weight excluding hydrogens is 408 g/mol. The quantitative estimate of drug-likeness (QED) is 0.373. The molecule has 0 spiro atoms. The van der Waals surface area contributed by atoms with Crippen molar-refractivity contribution in [3.63, 3.8) is 0 Å². The maximum Gasteiger partial charge on any atom is 0.240 e. The second-order valence-electron chi connectivity index (χ2n) is 7.38. The summed E-state index contributed by atoms with van der Waals surface area (Å²) < 4.78 is 2.11. The number of carbonyl (C=O) groups excluding carboxylic acids is 1. The highest BCUT2D eigenvalue weighted by Crippen LogP contribution is 2.21. The minimum absolute atomic E-state index is 0.0707. The van der Waals surface area contributed by atoms with Crippen LogP contribution in [0.25, 0.3) is 22.6 Å². The van der Waals surface area contributed by atoms with Crippen molar-refractivity contribution in [3.05, 3.63) is 77.0 Å². The topological polar surface area (TPSA) is 91.4 Å². The zero-order valence-electron chi connectivity index (χ0n) is 17.4. The Morgan fingerprint density at radius 1 is 1.13 bits per heavy atom. The van der Waals surface area contributed by atoms with E-state index in [9.17, 15) is 4.79 Å². The third-order valence-corrected chi connectivity index (χ3v) is 5.44. The van der Waals surface area contributed by atoms with Crippen molar-refractivity contribution >= 4 is 18.1 Å². The number of hydrogen-bond donors (Lipinski definition) is 3. The van der Waals surface area contributed by atoms with Crippen molar-refractivity contribution < 1.29 is 4.79 Å². The summed E-state index contributed by atoms with van der Waals surface area (Å²) in [6.07, 6.45) is 2.50. The van der Waals surface area contributed by atoms with Crippen LogP contribution in [0, 0.1) is 11.7 Å². The van der Waals surface area contributed by atoms with E-state index in [4.69, 9.17) is 12.2 Å². The van der Waals surface area contributed by atoms with Crippen LogP contribution in [0.5, 0.6) is 0 Å². The van der Waals surface area contributed by atoms with Gasteiger partial charge in [-0.25, -0.2) is 4.98 Å². The molecule has 4 aromatic rings. The number of aromatic nitrogens is 5. The van der Waals surface area contributed by atoms with Gasteiger partial charge in [0.2, 0.25) is 5.91 Å². The number of amides is 1. The van der Waals surface area contributed by atoms with E-state index in [0.29, 0.717) is 17.0 Å². The molecule has 158 valence electrons. The Balaban J connectivity index is 1.50. The minimum atomic E-state index is -0.228. The molecule has 0 aliphatic rings. The third-order valence-electron chi connectivity index (χ3n) is 5.12. The zero-order valence-corrected chi connectivity index (χ0v) is 18.2. The van der Waals surface area contributed by atoms with E-state index in [2.05, 4.69) is 25.5 Å². The van der Waals surface area contributed by atoms with Crippen molar-refractivity contribution in [3.8, 4) is 22.6 Å². The van der Waals surface area contributed by atoms with Gasteiger partial charge in [0.15, 0.2) is 10.6 Å². The van der Waals surface area contributed by atoms with Crippen LogP contribution in [-0.4, -0.2) is 30.6 Å². The first-order valence-corrected chi connectivity index (χ1v) is 10.6. The summed E-state index contributed by atoms with van der Waals surface area (Å²) in [5.74, 6) is 1.21. The predicted octanol–water partition coefficient (Wildman–Crippen LogP) is 4.57. The minimum Gasteiger partial charge on any atom is -0.345 e. The van der Waals surface area contributed by atoms with Crippen LogP contribution in [0.3, 0.4) is 0 Å². The Morgan fingerprint density at radius 3 is 2.58 bits per heavy atom. The number of nitrogens with one attached hydrogen (secondary N) is 3. The highest BCUT2D eigenvalue weighted by atomic mass is 32.1. The van der Waals surface area contributed by atoms with Gasteiger partial charge in [0.25, 0.3) is 0 Å². The first kappa shape index (κ1) is 20.7. The van der Waals surface area contributed by atoms with Gasteiger partial charge in [-0.2, -0.15) is 5.10 Å². The predicted molar refractivity (Wildman–Crippen MR) is 123 cm³/mol. The highest BCUT2D eigenvalue weighted by Gasteiger charge is 2.18. The largest absolute Gasteiger partial charge is 0.345 e. The average molecular weight is 433 g/mol. The molecule has 1 atom stereocenters. The summed E-state index contributed by atoms with van der Waals surface area (Å²) in [4.78, 5) is 20.7. The second kappa shape index (κ2) is 9.09. The van der Waals surface area contributed by atoms with E-state index < -0.39 is 0 Å². The Hall–Kier alpha value is -3.52. The number of nitrogens with zero attached hydrogens (tertiary/aromatic N) is 3. The molecule has 0 aliphatic carbocycles. The molecule has 0 saturated heterocycles. The SMILES string of the molecule is CCC(NC(=O)Cn1c(-c2ccc(C)cc2)n[nH]c1=S)c1ncc(-c2ccccc2)[nH]1. The third kappa shape index (κ3) is 4.64. The molecule has 2 aromatic carbocycles. The van der Waals surface area contributed by atoms with Crippen LogP contribution in [-0.2, 0) is 11.3 Å². The van der Waals surface area contributed by atoms with Gasteiger partial charge in [-0.3, -0.25) is 14.5 Å². The summed E-state index contributed by atoms with van der Waals surface area (Å²) >= 11 is 5.36. The van der Waals surface area contributed by atoms with Gasteiger partial charge in [0, 0.05) is 5.56 Å². The van der Waals surface area contributed by atoms with E-state index in [1.165, 1.54) is 0 Å².